The minimum atomic E-state index is -3.69. The van der Waals surface area contributed by atoms with Crippen LogP contribution in [-0.4, -0.2) is 58.6 Å². The molecule has 2 aliphatic rings. The van der Waals surface area contributed by atoms with E-state index < -0.39 is 10.0 Å². The molecule has 3 aromatic rings. The monoisotopic (exact) mass is 509 g/mol. The number of carbonyl (C=O) groups excluding carboxylic acids is 1. The molecule has 2 aliphatic heterocycles. The zero-order valence-electron chi connectivity index (χ0n) is 19.8. The molecule has 0 spiro atoms. The van der Waals surface area contributed by atoms with Gasteiger partial charge in [0.25, 0.3) is 15.9 Å². The van der Waals surface area contributed by atoms with Gasteiger partial charge in [-0.1, -0.05) is 18.2 Å². The van der Waals surface area contributed by atoms with Crippen LogP contribution in [0.1, 0.15) is 12.0 Å². The van der Waals surface area contributed by atoms with Gasteiger partial charge in [0.2, 0.25) is 0 Å². The fraction of sp³-hybridized carbons (Fsp3) is 0.296. The molecule has 3 aromatic carbocycles. The normalized spacial score (nSPS) is 16.0. The first kappa shape index (κ1) is 24.1. The van der Waals surface area contributed by atoms with Crippen LogP contribution in [0.5, 0.6) is 5.75 Å². The van der Waals surface area contributed by atoms with Gasteiger partial charge in [-0.15, -0.1) is 0 Å². The molecule has 0 saturated carbocycles. The van der Waals surface area contributed by atoms with Gasteiger partial charge in [0.15, 0.2) is 6.61 Å². The molecule has 1 saturated heterocycles. The predicted molar refractivity (Wildman–Crippen MR) is 136 cm³/mol. The molecule has 0 bridgehead atoms. The molecular formula is C27H28FN3O4S. The van der Waals surface area contributed by atoms with Crippen molar-refractivity contribution in [3.63, 3.8) is 0 Å². The fourth-order valence-electron chi connectivity index (χ4n) is 4.69. The number of hydrogen-bond acceptors (Lipinski definition) is 5. The maximum atomic E-state index is 13.3. The molecule has 0 unspecified atom stereocenters. The molecule has 5 rings (SSSR count). The Morgan fingerprint density at radius 1 is 0.861 bits per heavy atom. The lowest BCUT2D eigenvalue weighted by Crippen LogP contribution is -2.50. The van der Waals surface area contributed by atoms with Crippen LogP contribution in [0.3, 0.4) is 0 Å². The maximum absolute atomic E-state index is 13.3. The summed E-state index contributed by atoms with van der Waals surface area (Å²) in [6, 6.07) is 20.1. The predicted octanol–water partition coefficient (Wildman–Crippen LogP) is 3.69. The fourth-order valence-corrected chi connectivity index (χ4v) is 6.23. The van der Waals surface area contributed by atoms with Gasteiger partial charge in [0, 0.05) is 38.4 Å². The number of aryl methyl sites for hydroxylation is 1. The molecule has 9 heteroatoms. The summed E-state index contributed by atoms with van der Waals surface area (Å²) in [5.41, 5.74) is 2.70. The first-order chi connectivity index (χ1) is 17.4. The van der Waals surface area contributed by atoms with Gasteiger partial charge in [-0.2, -0.15) is 0 Å². The minimum Gasteiger partial charge on any atom is -0.484 e. The number of benzene rings is 3. The Kier molecular flexibility index (Phi) is 6.82. The number of fused-ring (bicyclic) bond motifs is 1. The van der Waals surface area contributed by atoms with Crippen molar-refractivity contribution in [2.75, 3.05) is 48.5 Å². The Morgan fingerprint density at radius 2 is 1.56 bits per heavy atom. The summed E-state index contributed by atoms with van der Waals surface area (Å²) in [4.78, 5) is 16.7. The quantitative estimate of drug-likeness (QED) is 0.507. The summed E-state index contributed by atoms with van der Waals surface area (Å²) in [6.45, 7) is 2.73. The smallest absolute Gasteiger partial charge is 0.264 e. The van der Waals surface area contributed by atoms with Crippen molar-refractivity contribution in [2.24, 2.45) is 0 Å². The third-order valence-electron chi connectivity index (χ3n) is 6.67. The van der Waals surface area contributed by atoms with E-state index in [0.29, 0.717) is 38.5 Å². The number of para-hydroxylation sites is 1. The van der Waals surface area contributed by atoms with Crippen molar-refractivity contribution in [1.82, 2.24) is 4.90 Å². The van der Waals surface area contributed by atoms with Crippen molar-refractivity contribution < 1.29 is 22.3 Å². The standard InChI is InChI=1S/C27H28FN3O4S/c28-22-7-9-23(10-8-22)29-16-18-30(19-17-29)27(32)20-35-24-11-13-25(14-12-24)36(33,34)31-15-3-5-21-4-1-2-6-26(21)31/h1-2,4,6-14H,3,5,15-20H2. The number of rotatable bonds is 6. The van der Waals surface area contributed by atoms with Gasteiger partial charge in [-0.05, 0) is 73.0 Å². The highest BCUT2D eigenvalue weighted by Gasteiger charge is 2.29. The number of piperazine rings is 1. The largest absolute Gasteiger partial charge is 0.484 e. The van der Waals surface area contributed by atoms with E-state index >= 15 is 0 Å². The molecule has 188 valence electrons. The zero-order valence-corrected chi connectivity index (χ0v) is 20.7. The molecule has 7 nitrogen and oxygen atoms in total. The second-order valence-corrected chi connectivity index (χ2v) is 10.8. The highest BCUT2D eigenvalue weighted by atomic mass is 32.2. The average Bonchev–Trinajstić information content (AvgIpc) is 2.92. The zero-order chi connectivity index (χ0) is 25.1. The number of hydrogen-bond donors (Lipinski definition) is 0. The molecule has 0 radical (unpaired) electrons. The van der Waals surface area contributed by atoms with Crippen LogP contribution < -0.4 is 13.9 Å². The number of halogens is 1. The lowest BCUT2D eigenvalue weighted by atomic mass is 10.0. The van der Waals surface area contributed by atoms with Gasteiger partial charge in [-0.25, -0.2) is 12.8 Å². The van der Waals surface area contributed by atoms with Crippen molar-refractivity contribution >= 4 is 27.3 Å². The molecule has 0 aromatic heterocycles. The van der Waals surface area contributed by atoms with E-state index in [2.05, 4.69) is 4.90 Å². The maximum Gasteiger partial charge on any atom is 0.264 e. The number of anilines is 2. The van der Waals surface area contributed by atoms with Gasteiger partial charge in [0.1, 0.15) is 11.6 Å². The molecule has 0 aliphatic carbocycles. The van der Waals surface area contributed by atoms with Crippen LogP contribution >= 0.6 is 0 Å². The SMILES string of the molecule is O=C(COc1ccc(S(=O)(=O)N2CCCc3ccccc32)cc1)N1CCN(c2ccc(F)cc2)CC1. The van der Waals surface area contributed by atoms with Gasteiger partial charge < -0.3 is 14.5 Å². The lowest BCUT2D eigenvalue weighted by Gasteiger charge is -2.36. The highest BCUT2D eigenvalue weighted by Crippen LogP contribution is 2.32. The topological polar surface area (TPSA) is 70.2 Å². The number of nitrogens with zero attached hydrogens (tertiary/aromatic N) is 3. The third kappa shape index (κ3) is 5.02. The summed E-state index contributed by atoms with van der Waals surface area (Å²) < 4.78 is 46.8. The van der Waals surface area contributed by atoms with E-state index in [1.807, 2.05) is 24.3 Å². The van der Waals surface area contributed by atoms with Crippen molar-refractivity contribution in [2.45, 2.75) is 17.7 Å². The van der Waals surface area contributed by atoms with E-state index in [1.54, 1.807) is 29.2 Å². The van der Waals surface area contributed by atoms with Crippen molar-refractivity contribution in [3.05, 3.63) is 84.2 Å². The number of sulfonamides is 1. The number of amides is 1. The third-order valence-corrected chi connectivity index (χ3v) is 8.49. The molecular weight excluding hydrogens is 481 g/mol. The van der Waals surface area contributed by atoms with E-state index in [1.165, 1.54) is 28.6 Å². The number of ether oxygens (including phenoxy) is 1. The Labute approximate surface area is 210 Å². The van der Waals surface area contributed by atoms with Crippen LogP contribution in [0.4, 0.5) is 15.8 Å². The van der Waals surface area contributed by atoms with E-state index in [4.69, 9.17) is 4.74 Å². The van der Waals surface area contributed by atoms with Gasteiger partial charge in [-0.3, -0.25) is 9.10 Å². The van der Waals surface area contributed by atoms with Gasteiger partial charge >= 0.3 is 0 Å². The summed E-state index contributed by atoms with van der Waals surface area (Å²) in [6.07, 6.45) is 1.64. The summed E-state index contributed by atoms with van der Waals surface area (Å²) in [5.74, 6) is 0.0360. The molecule has 0 N–H and O–H groups in total. The molecule has 36 heavy (non-hydrogen) atoms. The van der Waals surface area contributed by atoms with Crippen LogP contribution in [0.15, 0.2) is 77.7 Å². The molecule has 0 atom stereocenters. The van der Waals surface area contributed by atoms with Crippen LogP contribution in [-0.2, 0) is 21.2 Å². The van der Waals surface area contributed by atoms with Crippen LogP contribution in [0, 0.1) is 5.82 Å². The van der Waals surface area contributed by atoms with E-state index in [-0.39, 0.29) is 23.2 Å². The summed E-state index contributed by atoms with van der Waals surface area (Å²) in [7, 11) is -3.69. The summed E-state index contributed by atoms with van der Waals surface area (Å²) in [5, 5.41) is 0. The van der Waals surface area contributed by atoms with Gasteiger partial charge in [0.05, 0.1) is 10.6 Å². The van der Waals surface area contributed by atoms with E-state index in [9.17, 15) is 17.6 Å². The number of carbonyl (C=O) groups is 1. The molecule has 1 fully saturated rings. The Balaban J connectivity index is 1.16. The second-order valence-electron chi connectivity index (χ2n) is 8.91. The molecule has 2 heterocycles. The molecule has 1 amide bonds. The highest BCUT2D eigenvalue weighted by molar-refractivity contribution is 7.92. The van der Waals surface area contributed by atoms with E-state index in [0.717, 1.165) is 29.8 Å². The van der Waals surface area contributed by atoms with Crippen molar-refractivity contribution in [1.29, 1.82) is 0 Å². The second kappa shape index (κ2) is 10.2. The lowest BCUT2D eigenvalue weighted by molar-refractivity contribution is -0.133. The van der Waals surface area contributed by atoms with Crippen LogP contribution in [0.2, 0.25) is 0 Å². The summed E-state index contributed by atoms with van der Waals surface area (Å²) >= 11 is 0. The first-order valence-corrected chi connectivity index (χ1v) is 13.5. The van der Waals surface area contributed by atoms with Crippen molar-refractivity contribution in [3.8, 4) is 5.75 Å². The Morgan fingerprint density at radius 3 is 2.28 bits per heavy atom. The van der Waals surface area contributed by atoms with Crippen LogP contribution in [0.25, 0.3) is 0 Å². The minimum absolute atomic E-state index is 0.123. The first-order valence-electron chi connectivity index (χ1n) is 12.0. The Hall–Kier alpha value is -3.59. The average molecular weight is 510 g/mol. The Bertz CT molecular complexity index is 1320.